The molecule has 0 fully saturated rings. The lowest BCUT2D eigenvalue weighted by molar-refractivity contribution is -0.131. The van der Waals surface area contributed by atoms with Crippen LogP contribution in [0.15, 0.2) is 41.1 Å². The molecular formula is C21H21N3O3S2. The molecular weight excluding hydrogens is 406 g/mol. The molecule has 3 heterocycles. The first-order valence-electron chi connectivity index (χ1n) is 9.44. The summed E-state index contributed by atoms with van der Waals surface area (Å²) in [6, 6.07) is 9.44. The van der Waals surface area contributed by atoms with Gasteiger partial charge in [0, 0.05) is 23.2 Å². The van der Waals surface area contributed by atoms with Gasteiger partial charge in [0.05, 0.1) is 30.8 Å². The predicted molar refractivity (Wildman–Crippen MR) is 115 cm³/mol. The fraction of sp³-hybridized carbons (Fsp3) is 0.286. The summed E-state index contributed by atoms with van der Waals surface area (Å²) >= 11 is 2.93. The number of anilines is 1. The van der Waals surface area contributed by atoms with Crippen LogP contribution < -0.4 is 10.1 Å². The number of ether oxygens (including phenoxy) is 1. The molecule has 2 amide bonds. The Balaban J connectivity index is 1.37. The Morgan fingerprint density at radius 2 is 2.07 bits per heavy atom. The van der Waals surface area contributed by atoms with Crippen LogP contribution in [0, 0.1) is 0 Å². The smallest absolute Gasteiger partial charge is 0.258 e. The van der Waals surface area contributed by atoms with Gasteiger partial charge in [-0.2, -0.15) is 11.3 Å². The first kappa shape index (κ1) is 19.6. The minimum absolute atomic E-state index is 0.0945. The zero-order valence-electron chi connectivity index (χ0n) is 16.0. The predicted octanol–water partition coefficient (Wildman–Crippen LogP) is 3.98. The molecule has 3 aromatic rings. The summed E-state index contributed by atoms with van der Waals surface area (Å²) in [4.78, 5) is 32.4. The Kier molecular flexibility index (Phi) is 5.92. The van der Waals surface area contributed by atoms with E-state index in [1.807, 2.05) is 46.8 Å². The van der Waals surface area contributed by atoms with Gasteiger partial charge in [0.15, 0.2) is 5.13 Å². The quantitative estimate of drug-likeness (QED) is 0.646. The second kappa shape index (κ2) is 8.75. The molecule has 0 atom stereocenters. The number of hydrogen-bond donors (Lipinski definition) is 1. The van der Waals surface area contributed by atoms with Crippen molar-refractivity contribution in [2.24, 2.45) is 0 Å². The van der Waals surface area contributed by atoms with Crippen LogP contribution in [0.4, 0.5) is 5.13 Å². The van der Waals surface area contributed by atoms with Gasteiger partial charge in [-0.25, -0.2) is 4.98 Å². The lowest BCUT2D eigenvalue weighted by Gasteiger charge is -2.26. The number of nitrogens with zero attached hydrogens (tertiary/aromatic N) is 2. The summed E-state index contributed by atoms with van der Waals surface area (Å²) in [5.74, 6) is 0.755. The molecule has 150 valence electrons. The van der Waals surface area contributed by atoms with Crippen molar-refractivity contribution in [1.82, 2.24) is 9.88 Å². The highest BCUT2D eigenvalue weighted by molar-refractivity contribution is 7.16. The fourth-order valence-electron chi connectivity index (χ4n) is 3.18. The van der Waals surface area contributed by atoms with Crippen molar-refractivity contribution in [3.8, 4) is 5.75 Å². The molecule has 1 aliphatic heterocycles. The zero-order chi connectivity index (χ0) is 20.2. The maximum Gasteiger partial charge on any atom is 0.258 e. The summed E-state index contributed by atoms with van der Waals surface area (Å²) < 4.78 is 5.44. The third kappa shape index (κ3) is 4.65. The lowest BCUT2D eigenvalue weighted by Crippen LogP contribution is -2.36. The largest absolute Gasteiger partial charge is 0.494 e. The average molecular weight is 428 g/mol. The van der Waals surface area contributed by atoms with Gasteiger partial charge in [-0.1, -0.05) is 23.5 Å². The summed E-state index contributed by atoms with van der Waals surface area (Å²) in [7, 11) is 0. The van der Waals surface area contributed by atoms with E-state index in [9.17, 15) is 9.59 Å². The third-order valence-electron chi connectivity index (χ3n) is 4.68. The number of rotatable bonds is 6. The van der Waals surface area contributed by atoms with Gasteiger partial charge in [0.25, 0.3) is 5.91 Å². The van der Waals surface area contributed by atoms with Gasteiger partial charge in [0.2, 0.25) is 5.91 Å². The fourth-order valence-corrected chi connectivity index (χ4v) is 4.84. The van der Waals surface area contributed by atoms with Crippen LogP contribution in [0.3, 0.4) is 0 Å². The van der Waals surface area contributed by atoms with Gasteiger partial charge >= 0.3 is 0 Å². The highest BCUT2D eigenvalue weighted by Crippen LogP contribution is 2.29. The van der Waals surface area contributed by atoms with Crippen LogP contribution in [0.1, 0.15) is 33.4 Å². The minimum atomic E-state index is -0.152. The van der Waals surface area contributed by atoms with E-state index < -0.39 is 0 Å². The van der Waals surface area contributed by atoms with Crippen molar-refractivity contribution in [3.63, 3.8) is 0 Å². The second-order valence-corrected chi connectivity index (χ2v) is 8.54. The Labute approximate surface area is 177 Å². The number of thiazole rings is 1. The third-order valence-corrected chi connectivity index (χ3v) is 6.36. The van der Waals surface area contributed by atoms with E-state index in [-0.39, 0.29) is 11.8 Å². The van der Waals surface area contributed by atoms with Crippen LogP contribution in [-0.2, 0) is 24.2 Å². The van der Waals surface area contributed by atoms with E-state index >= 15 is 0 Å². The van der Waals surface area contributed by atoms with Crippen molar-refractivity contribution < 1.29 is 14.3 Å². The van der Waals surface area contributed by atoms with E-state index in [1.165, 1.54) is 22.7 Å². The van der Waals surface area contributed by atoms with E-state index in [0.29, 0.717) is 43.2 Å². The SMILES string of the molecule is CCOc1ccc(CC(=O)N2CCc3nc(NC(=O)c4ccsc4)sc3C2)cc1. The summed E-state index contributed by atoms with van der Waals surface area (Å²) in [6.07, 6.45) is 1.07. The van der Waals surface area contributed by atoms with Gasteiger partial charge in [-0.3, -0.25) is 14.9 Å². The molecule has 4 rings (SSSR count). The van der Waals surface area contributed by atoms with E-state index in [0.717, 1.165) is 21.9 Å². The number of nitrogens with one attached hydrogen (secondary N) is 1. The van der Waals surface area contributed by atoms with E-state index in [2.05, 4.69) is 10.3 Å². The van der Waals surface area contributed by atoms with Crippen molar-refractivity contribution in [2.45, 2.75) is 26.3 Å². The topological polar surface area (TPSA) is 71.5 Å². The molecule has 1 aliphatic rings. The standard InChI is InChI=1S/C21H21N3O3S2/c1-2-27-16-5-3-14(4-6-16)11-19(25)24-9-7-17-18(12-24)29-21(22-17)23-20(26)15-8-10-28-13-15/h3-6,8,10,13H,2,7,9,11-12H2,1H3,(H,22,23,26). The molecule has 1 N–H and O–H groups in total. The van der Waals surface area contributed by atoms with Crippen LogP contribution in [0.2, 0.25) is 0 Å². The van der Waals surface area contributed by atoms with Crippen molar-refractivity contribution in [2.75, 3.05) is 18.5 Å². The first-order chi connectivity index (χ1) is 14.1. The number of carbonyl (C=O) groups is 2. The summed E-state index contributed by atoms with van der Waals surface area (Å²) in [6.45, 7) is 3.75. The maximum atomic E-state index is 12.7. The molecule has 29 heavy (non-hydrogen) atoms. The molecule has 0 aliphatic carbocycles. The van der Waals surface area contributed by atoms with Crippen LogP contribution in [0.5, 0.6) is 5.75 Å². The summed E-state index contributed by atoms with van der Waals surface area (Å²) in [5.41, 5.74) is 2.58. The summed E-state index contributed by atoms with van der Waals surface area (Å²) in [5, 5.41) is 7.13. The van der Waals surface area contributed by atoms with Gasteiger partial charge < -0.3 is 9.64 Å². The van der Waals surface area contributed by atoms with Crippen LogP contribution in [0.25, 0.3) is 0 Å². The van der Waals surface area contributed by atoms with Crippen LogP contribution >= 0.6 is 22.7 Å². The molecule has 0 saturated heterocycles. The number of hydrogen-bond acceptors (Lipinski definition) is 6. The Morgan fingerprint density at radius 1 is 1.24 bits per heavy atom. The zero-order valence-corrected chi connectivity index (χ0v) is 17.6. The number of carbonyl (C=O) groups excluding carboxylic acids is 2. The second-order valence-electron chi connectivity index (χ2n) is 6.67. The number of amides is 2. The van der Waals surface area contributed by atoms with Crippen LogP contribution in [-0.4, -0.2) is 34.8 Å². The van der Waals surface area contributed by atoms with E-state index in [1.54, 1.807) is 6.07 Å². The number of thiophene rings is 1. The Bertz CT molecular complexity index is 997. The maximum absolute atomic E-state index is 12.7. The first-order valence-corrected chi connectivity index (χ1v) is 11.2. The highest BCUT2D eigenvalue weighted by atomic mass is 32.1. The van der Waals surface area contributed by atoms with Gasteiger partial charge in [-0.05, 0) is 36.1 Å². The van der Waals surface area contributed by atoms with Crippen molar-refractivity contribution in [3.05, 3.63) is 62.8 Å². The van der Waals surface area contributed by atoms with E-state index in [4.69, 9.17) is 4.74 Å². The molecule has 1 aromatic carbocycles. The normalized spacial score (nSPS) is 13.1. The highest BCUT2D eigenvalue weighted by Gasteiger charge is 2.24. The molecule has 0 unspecified atom stereocenters. The molecule has 0 bridgehead atoms. The number of fused-ring (bicyclic) bond motifs is 1. The minimum Gasteiger partial charge on any atom is -0.494 e. The lowest BCUT2D eigenvalue weighted by atomic mass is 10.1. The Morgan fingerprint density at radius 3 is 2.79 bits per heavy atom. The molecule has 2 aromatic heterocycles. The average Bonchev–Trinajstić information content (AvgIpc) is 3.38. The molecule has 0 saturated carbocycles. The van der Waals surface area contributed by atoms with Crippen molar-refractivity contribution >= 4 is 39.6 Å². The molecule has 0 radical (unpaired) electrons. The molecule has 0 spiro atoms. The number of benzene rings is 1. The van der Waals surface area contributed by atoms with Crippen molar-refractivity contribution in [1.29, 1.82) is 0 Å². The molecule has 6 nitrogen and oxygen atoms in total. The van der Waals surface area contributed by atoms with Gasteiger partial charge in [0.1, 0.15) is 5.75 Å². The monoisotopic (exact) mass is 427 g/mol. The number of aromatic nitrogens is 1. The van der Waals surface area contributed by atoms with Gasteiger partial charge in [-0.15, -0.1) is 0 Å². The molecule has 8 heteroatoms. The Hall–Kier alpha value is -2.71.